The first-order valence-electron chi connectivity index (χ1n) is 6.50. The number of amides is 1. The lowest BCUT2D eigenvalue weighted by atomic mass is 10.2. The van der Waals surface area contributed by atoms with E-state index in [-0.39, 0.29) is 5.91 Å². The van der Waals surface area contributed by atoms with E-state index in [9.17, 15) is 4.79 Å². The van der Waals surface area contributed by atoms with Crippen molar-refractivity contribution in [3.63, 3.8) is 0 Å². The summed E-state index contributed by atoms with van der Waals surface area (Å²) in [6, 6.07) is 5.15. The standard InChI is InChI=1S/C14H12Cl2N4O/c15-10-4-2-5-11(16)9(10)7-17-20-14(21)13-8-3-1-6-12(8)18-19-13/h2,4-5,7H,1,3,6H2,(H,18,19)(H,20,21). The third-order valence-electron chi connectivity index (χ3n) is 3.38. The van der Waals surface area contributed by atoms with Crippen LogP contribution in [-0.2, 0) is 12.8 Å². The number of nitrogens with zero attached hydrogens (tertiary/aromatic N) is 2. The first kappa shape index (κ1) is 14.1. The fourth-order valence-electron chi connectivity index (χ4n) is 2.35. The van der Waals surface area contributed by atoms with Gasteiger partial charge in [0.2, 0.25) is 0 Å². The summed E-state index contributed by atoms with van der Waals surface area (Å²) in [6.07, 6.45) is 4.28. The summed E-state index contributed by atoms with van der Waals surface area (Å²) < 4.78 is 0. The van der Waals surface area contributed by atoms with Gasteiger partial charge in [-0.3, -0.25) is 9.89 Å². The second-order valence-corrected chi connectivity index (χ2v) is 5.53. The van der Waals surface area contributed by atoms with E-state index in [4.69, 9.17) is 23.2 Å². The number of aromatic amines is 1. The van der Waals surface area contributed by atoms with Crippen molar-refractivity contribution in [2.45, 2.75) is 19.3 Å². The van der Waals surface area contributed by atoms with E-state index >= 15 is 0 Å². The molecular formula is C14H12Cl2N4O. The molecule has 0 bridgehead atoms. The molecule has 1 aromatic carbocycles. The fraction of sp³-hybridized carbons (Fsp3) is 0.214. The Morgan fingerprint density at radius 3 is 2.86 bits per heavy atom. The summed E-state index contributed by atoms with van der Waals surface area (Å²) in [5, 5.41) is 11.8. The number of halogens is 2. The number of benzene rings is 1. The molecule has 2 aromatic rings. The molecule has 1 aliphatic carbocycles. The molecule has 1 aliphatic rings. The minimum Gasteiger partial charge on any atom is -0.281 e. The highest BCUT2D eigenvalue weighted by molar-refractivity contribution is 6.38. The number of H-pyrrole nitrogens is 1. The van der Waals surface area contributed by atoms with Crippen LogP contribution >= 0.6 is 23.2 Å². The maximum Gasteiger partial charge on any atom is 0.292 e. The van der Waals surface area contributed by atoms with Gasteiger partial charge in [-0.1, -0.05) is 29.3 Å². The second-order valence-electron chi connectivity index (χ2n) is 4.72. The molecule has 0 saturated heterocycles. The van der Waals surface area contributed by atoms with Crippen molar-refractivity contribution in [1.29, 1.82) is 0 Å². The quantitative estimate of drug-likeness (QED) is 0.673. The molecule has 7 heteroatoms. The summed E-state index contributed by atoms with van der Waals surface area (Å²) in [4.78, 5) is 12.1. The lowest BCUT2D eigenvalue weighted by Gasteiger charge is -2.01. The van der Waals surface area contributed by atoms with E-state index in [1.54, 1.807) is 18.2 Å². The van der Waals surface area contributed by atoms with Crippen molar-refractivity contribution >= 4 is 35.3 Å². The number of hydrogen-bond donors (Lipinski definition) is 2. The van der Waals surface area contributed by atoms with E-state index in [1.165, 1.54) is 6.21 Å². The normalized spacial score (nSPS) is 13.6. The number of nitrogens with one attached hydrogen (secondary N) is 2. The Bertz CT molecular complexity index is 704. The number of carbonyl (C=O) groups excluding carboxylic acids is 1. The summed E-state index contributed by atoms with van der Waals surface area (Å²) in [7, 11) is 0. The molecule has 5 nitrogen and oxygen atoms in total. The zero-order valence-corrected chi connectivity index (χ0v) is 12.5. The molecule has 0 fully saturated rings. The van der Waals surface area contributed by atoms with E-state index in [2.05, 4.69) is 20.7 Å². The van der Waals surface area contributed by atoms with E-state index < -0.39 is 0 Å². The number of aromatic nitrogens is 2. The number of rotatable bonds is 3. The second kappa shape index (κ2) is 5.87. The van der Waals surface area contributed by atoms with Gasteiger partial charge in [-0.25, -0.2) is 5.43 Å². The number of carbonyl (C=O) groups is 1. The van der Waals surface area contributed by atoms with Crippen LogP contribution in [-0.4, -0.2) is 22.3 Å². The molecular weight excluding hydrogens is 311 g/mol. The van der Waals surface area contributed by atoms with Crippen molar-refractivity contribution in [3.05, 3.63) is 50.8 Å². The lowest BCUT2D eigenvalue weighted by molar-refractivity contribution is 0.0949. The predicted molar refractivity (Wildman–Crippen MR) is 82.1 cm³/mol. The highest BCUT2D eigenvalue weighted by atomic mass is 35.5. The molecule has 2 N–H and O–H groups in total. The Morgan fingerprint density at radius 2 is 2.10 bits per heavy atom. The lowest BCUT2D eigenvalue weighted by Crippen LogP contribution is -2.19. The van der Waals surface area contributed by atoms with Crippen molar-refractivity contribution < 1.29 is 4.79 Å². The Balaban J connectivity index is 1.72. The summed E-state index contributed by atoms with van der Waals surface area (Å²) in [6.45, 7) is 0. The molecule has 1 heterocycles. The van der Waals surface area contributed by atoms with Gasteiger partial charge in [-0.15, -0.1) is 0 Å². The van der Waals surface area contributed by atoms with Crippen LogP contribution in [0.15, 0.2) is 23.3 Å². The molecule has 108 valence electrons. The molecule has 1 aromatic heterocycles. The van der Waals surface area contributed by atoms with E-state index in [0.29, 0.717) is 21.3 Å². The zero-order valence-electron chi connectivity index (χ0n) is 11.0. The summed E-state index contributed by atoms with van der Waals surface area (Å²) in [5.74, 6) is -0.339. The van der Waals surface area contributed by atoms with E-state index in [0.717, 1.165) is 30.5 Å². The van der Waals surface area contributed by atoms with Crippen molar-refractivity contribution in [2.75, 3.05) is 0 Å². The van der Waals surface area contributed by atoms with Gasteiger partial charge in [0.15, 0.2) is 5.69 Å². The zero-order chi connectivity index (χ0) is 14.8. The molecule has 3 rings (SSSR count). The Labute approximate surface area is 131 Å². The van der Waals surface area contributed by atoms with Gasteiger partial charge in [0, 0.05) is 16.8 Å². The molecule has 0 spiro atoms. The van der Waals surface area contributed by atoms with Gasteiger partial charge >= 0.3 is 0 Å². The highest BCUT2D eigenvalue weighted by Gasteiger charge is 2.22. The highest BCUT2D eigenvalue weighted by Crippen LogP contribution is 2.23. The molecule has 0 saturated carbocycles. The van der Waals surface area contributed by atoms with Crippen LogP contribution in [0.2, 0.25) is 10.0 Å². The Kier molecular flexibility index (Phi) is 3.94. The maximum absolute atomic E-state index is 12.1. The molecule has 1 amide bonds. The molecule has 0 radical (unpaired) electrons. The minimum atomic E-state index is -0.339. The van der Waals surface area contributed by atoms with E-state index in [1.807, 2.05) is 0 Å². The number of hydrogen-bond acceptors (Lipinski definition) is 3. The van der Waals surface area contributed by atoms with Crippen LogP contribution in [0, 0.1) is 0 Å². The molecule has 0 unspecified atom stereocenters. The van der Waals surface area contributed by atoms with Crippen LogP contribution in [0.1, 0.15) is 33.7 Å². The summed E-state index contributed by atoms with van der Waals surface area (Å²) in [5.41, 5.74) is 5.44. The van der Waals surface area contributed by atoms with Crippen molar-refractivity contribution in [3.8, 4) is 0 Å². The first-order chi connectivity index (χ1) is 10.2. The molecule has 0 atom stereocenters. The fourth-order valence-corrected chi connectivity index (χ4v) is 2.84. The largest absolute Gasteiger partial charge is 0.292 e. The molecule has 0 aliphatic heterocycles. The van der Waals surface area contributed by atoms with Gasteiger partial charge in [0.1, 0.15) is 0 Å². The van der Waals surface area contributed by atoms with Crippen LogP contribution in [0.4, 0.5) is 0 Å². The minimum absolute atomic E-state index is 0.339. The third kappa shape index (κ3) is 2.80. The maximum atomic E-state index is 12.1. The smallest absolute Gasteiger partial charge is 0.281 e. The van der Waals surface area contributed by atoms with Crippen molar-refractivity contribution in [2.24, 2.45) is 5.10 Å². The Hall–Kier alpha value is -1.85. The first-order valence-corrected chi connectivity index (χ1v) is 7.26. The van der Waals surface area contributed by atoms with Crippen LogP contribution in [0.5, 0.6) is 0 Å². The van der Waals surface area contributed by atoms with Crippen LogP contribution < -0.4 is 5.43 Å². The predicted octanol–water partition coefficient (Wildman–Crippen LogP) is 2.97. The summed E-state index contributed by atoms with van der Waals surface area (Å²) >= 11 is 12.0. The molecule has 21 heavy (non-hydrogen) atoms. The van der Waals surface area contributed by atoms with Crippen LogP contribution in [0.3, 0.4) is 0 Å². The number of aryl methyl sites for hydroxylation is 1. The van der Waals surface area contributed by atoms with Gasteiger partial charge in [0.25, 0.3) is 5.91 Å². The third-order valence-corrected chi connectivity index (χ3v) is 4.04. The van der Waals surface area contributed by atoms with Crippen molar-refractivity contribution in [1.82, 2.24) is 15.6 Å². The van der Waals surface area contributed by atoms with Gasteiger partial charge < -0.3 is 0 Å². The topological polar surface area (TPSA) is 70.1 Å². The number of fused-ring (bicyclic) bond motifs is 1. The van der Waals surface area contributed by atoms with Gasteiger partial charge in [-0.05, 0) is 31.4 Å². The average molecular weight is 323 g/mol. The van der Waals surface area contributed by atoms with Gasteiger partial charge in [0.05, 0.1) is 16.3 Å². The Morgan fingerprint density at radius 1 is 1.33 bits per heavy atom. The average Bonchev–Trinajstić information content (AvgIpc) is 3.04. The SMILES string of the molecule is O=C(NN=Cc1c(Cl)cccc1Cl)c1n[nH]c2c1CCC2. The van der Waals surface area contributed by atoms with Crippen LogP contribution in [0.25, 0.3) is 0 Å². The monoisotopic (exact) mass is 322 g/mol. The number of hydrazone groups is 1. The van der Waals surface area contributed by atoms with Gasteiger partial charge in [-0.2, -0.15) is 10.2 Å².